The van der Waals surface area contributed by atoms with E-state index in [9.17, 15) is 0 Å². The molecule has 0 radical (unpaired) electrons. The van der Waals surface area contributed by atoms with Crippen LogP contribution < -0.4 is 5.32 Å². The van der Waals surface area contributed by atoms with Crippen LogP contribution in [0.2, 0.25) is 0 Å². The van der Waals surface area contributed by atoms with E-state index in [-0.39, 0.29) is 0 Å². The number of hydrogen-bond donors (Lipinski definition) is 1. The number of allylic oxidation sites excluding steroid dienone is 1. The fourth-order valence-corrected chi connectivity index (χ4v) is 2.33. The van der Waals surface area contributed by atoms with Crippen molar-refractivity contribution in [2.45, 2.75) is 26.8 Å². The number of likely N-dealkylation sites (N-methyl/N-ethyl adjacent to an activating group) is 1. The Morgan fingerprint density at radius 2 is 2.23 bits per heavy atom. The highest BCUT2D eigenvalue weighted by Gasteiger charge is 2.09. The first kappa shape index (κ1) is 10.5. The van der Waals surface area contributed by atoms with Crippen LogP contribution in [0.4, 0.5) is 0 Å². The summed E-state index contributed by atoms with van der Waals surface area (Å²) in [6.45, 7) is 6.43. The molecular weight excluding hydrogens is 178 g/mol. The largest absolute Gasteiger partial charge is 0.309 e. The van der Waals surface area contributed by atoms with Crippen molar-refractivity contribution in [3.8, 4) is 0 Å². The van der Waals surface area contributed by atoms with E-state index in [4.69, 9.17) is 0 Å². The van der Waals surface area contributed by atoms with Gasteiger partial charge in [-0.25, -0.2) is 0 Å². The Morgan fingerprint density at radius 3 is 2.62 bits per heavy atom. The highest BCUT2D eigenvalue weighted by atomic mass is 32.1. The van der Waals surface area contributed by atoms with Crippen molar-refractivity contribution in [2.24, 2.45) is 0 Å². The average Bonchev–Trinajstić information content (AvgIpc) is 2.47. The molecule has 1 unspecified atom stereocenters. The zero-order chi connectivity index (χ0) is 9.84. The molecule has 0 aliphatic heterocycles. The fourth-order valence-electron chi connectivity index (χ4n) is 1.33. The second-order valence-corrected chi connectivity index (χ2v) is 4.43. The lowest BCUT2D eigenvalue weighted by Gasteiger charge is -2.11. The van der Waals surface area contributed by atoms with Crippen molar-refractivity contribution in [1.82, 2.24) is 5.32 Å². The van der Waals surface area contributed by atoms with Crippen LogP contribution in [0.1, 0.15) is 30.3 Å². The maximum atomic E-state index is 3.31. The average molecular weight is 195 g/mol. The summed E-state index contributed by atoms with van der Waals surface area (Å²) < 4.78 is 0. The van der Waals surface area contributed by atoms with Gasteiger partial charge in [-0.2, -0.15) is 0 Å². The van der Waals surface area contributed by atoms with Gasteiger partial charge in [0, 0.05) is 4.88 Å². The molecule has 13 heavy (non-hydrogen) atoms. The van der Waals surface area contributed by atoms with Gasteiger partial charge in [-0.15, -0.1) is 11.3 Å². The molecule has 72 valence electrons. The zero-order valence-electron chi connectivity index (χ0n) is 8.72. The van der Waals surface area contributed by atoms with Crippen LogP contribution in [-0.4, -0.2) is 7.05 Å². The van der Waals surface area contributed by atoms with Crippen molar-refractivity contribution in [1.29, 1.82) is 0 Å². The molecule has 1 rings (SSSR count). The molecule has 1 atom stereocenters. The van der Waals surface area contributed by atoms with Gasteiger partial charge in [-0.3, -0.25) is 0 Å². The molecule has 0 saturated carbocycles. The van der Waals surface area contributed by atoms with Crippen LogP contribution in [0.15, 0.2) is 23.1 Å². The topological polar surface area (TPSA) is 12.0 Å². The summed E-state index contributed by atoms with van der Waals surface area (Å²) in [6.07, 6.45) is 2.26. The molecular formula is C11H17NS. The van der Waals surface area contributed by atoms with Crippen molar-refractivity contribution in [3.05, 3.63) is 33.5 Å². The number of thiophene rings is 1. The van der Waals surface area contributed by atoms with Gasteiger partial charge in [0.15, 0.2) is 0 Å². The fraction of sp³-hybridized carbons (Fsp3) is 0.455. The van der Waals surface area contributed by atoms with Gasteiger partial charge in [0.2, 0.25) is 0 Å². The highest BCUT2D eigenvalue weighted by Crippen LogP contribution is 2.25. The third-order valence-electron chi connectivity index (χ3n) is 2.00. The van der Waals surface area contributed by atoms with E-state index in [1.807, 2.05) is 18.4 Å². The van der Waals surface area contributed by atoms with Crippen LogP contribution in [0.25, 0.3) is 0 Å². The van der Waals surface area contributed by atoms with Crippen molar-refractivity contribution < 1.29 is 0 Å². The first-order valence-corrected chi connectivity index (χ1v) is 5.39. The molecule has 0 aromatic carbocycles. The summed E-state index contributed by atoms with van der Waals surface area (Å²) in [4.78, 5) is 1.42. The Bertz CT molecular complexity index is 295. The highest BCUT2D eigenvalue weighted by molar-refractivity contribution is 7.10. The molecule has 2 heteroatoms. The summed E-state index contributed by atoms with van der Waals surface area (Å²) in [5.74, 6) is 0. The van der Waals surface area contributed by atoms with E-state index in [0.29, 0.717) is 6.04 Å². The van der Waals surface area contributed by atoms with Crippen LogP contribution in [0.5, 0.6) is 0 Å². The third-order valence-corrected chi connectivity index (χ3v) is 3.10. The number of aryl methyl sites for hydroxylation is 1. The van der Waals surface area contributed by atoms with Crippen molar-refractivity contribution in [3.63, 3.8) is 0 Å². The zero-order valence-corrected chi connectivity index (χ0v) is 9.53. The molecule has 1 N–H and O–H groups in total. The van der Waals surface area contributed by atoms with Crippen LogP contribution >= 0.6 is 11.3 Å². The summed E-state index contributed by atoms with van der Waals surface area (Å²) in [6, 6.07) is 2.55. The van der Waals surface area contributed by atoms with E-state index < -0.39 is 0 Å². The van der Waals surface area contributed by atoms with Gasteiger partial charge < -0.3 is 5.32 Å². The molecule has 0 amide bonds. The molecule has 1 heterocycles. The maximum absolute atomic E-state index is 3.31. The lowest BCUT2D eigenvalue weighted by molar-refractivity contribution is 0.718. The van der Waals surface area contributed by atoms with Crippen LogP contribution in [0.3, 0.4) is 0 Å². The first-order chi connectivity index (χ1) is 6.15. The summed E-state index contributed by atoms with van der Waals surface area (Å²) in [5, 5.41) is 5.46. The van der Waals surface area contributed by atoms with Crippen molar-refractivity contribution in [2.75, 3.05) is 7.05 Å². The molecule has 0 spiro atoms. The summed E-state index contributed by atoms with van der Waals surface area (Å²) in [7, 11) is 2.00. The molecule has 0 bridgehead atoms. The SMILES string of the molecule is CNC(C=C(C)C)c1sccc1C. The predicted octanol–water partition coefficient (Wildman–Crippen LogP) is 3.28. The minimum atomic E-state index is 0.380. The standard InChI is InChI=1S/C11H17NS/c1-8(2)7-10(12-4)11-9(3)5-6-13-11/h5-7,10,12H,1-4H3. The second-order valence-electron chi connectivity index (χ2n) is 3.48. The molecule has 1 nitrogen and oxygen atoms in total. The Kier molecular flexibility index (Phi) is 3.70. The smallest absolute Gasteiger partial charge is 0.0603 e. The molecule has 0 saturated heterocycles. The predicted molar refractivity (Wildman–Crippen MR) is 60.3 cm³/mol. The van der Waals surface area contributed by atoms with E-state index in [2.05, 4.69) is 43.6 Å². The lowest BCUT2D eigenvalue weighted by atomic mass is 10.1. The normalized spacial score (nSPS) is 12.6. The van der Waals surface area contributed by atoms with E-state index in [0.717, 1.165) is 0 Å². The quantitative estimate of drug-likeness (QED) is 0.730. The van der Waals surface area contributed by atoms with Gasteiger partial charge in [0.05, 0.1) is 6.04 Å². The Balaban J connectivity index is 2.91. The van der Waals surface area contributed by atoms with Gasteiger partial charge in [0.25, 0.3) is 0 Å². The minimum absolute atomic E-state index is 0.380. The van der Waals surface area contributed by atoms with Gasteiger partial charge >= 0.3 is 0 Å². The minimum Gasteiger partial charge on any atom is -0.309 e. The Morgan fingerprint density at radius 1 is 1.54 bits per heavy atom. The van der Waals surface area contributed by atoms with E-state index >= 15 is 0 Å². The molecule has 1 aromatic heterocycles. The molecule has 1 aromatic rings. The van der Waals surface area contributed by atoms with Crippen molar-refractivity contribution >= 4 is 11.3 Å². The third kappa shape index (κ3) is 2.68. The summed E-state index contributed by atoms with van der Waals surface area (Å²) in [5.41, 5.74) is 2.73. The Labute approximate surface area is 84.5 Å². The molecule has 0 aliphatic rings. The number of hydrogen-bond acceptors (Lipinski definition) is 2. The van der Waals surface area contributed by atoms with Gasteiger partial charge in [-0.05, 0) is 44.8 Å². The first-order valence-electron chi connectivity index (χ1n) is 4.51. The van der Waals surface area contributed by atoms with E-state index in [1.54, 1.807) is 0 Å². The van der Waals surface area contributed by atoms with Gasteiger partial charge in [-0.1, -0.05) is 11.6 Å². The monoisotopic (exact) mass is 195 g/mol. The lowest BCUT2D eigenvalue weighted by Crippen LogP contribution is -2.13. The number of rotatable bonds is 3. The second kappa shape index (κ2) is 4.58. The Hall–Kier alpha value is -0.600. The maximum Gasteiger partial charge on any atom is 0.0603 e. The molecule has 0 fully saturated rings. The van der Waals surface area contributed by atoms with Crippen LogP contribution in [0, 0.1) is 6.92 Å². The summed E-state index contributed by atoms with van der Waals surface area (Å²) >= 11 is 1.82. The number of nitrogens with one attached hydrogen (secondary N) is 1. The molecule has 0 aliphatic carbocycles. The van der Waals surface area contributed by atoms with E-state index in [1.165, 1.54) is 16.0 Å². The van der Waals surface area contributed by atoms with Gasteiger partial charge in [0.1, 0.15) is 0 Å². The van der Waals surface area contributed by atoms with Crippen LogP contribution in [-0.2, 0) is 0 Å².